The summed E-state index contributed by atoms with van der Waals surface area (Å²) in [6.07, 6.45) is 0. The Morgan fingerprint density at radius 3 is 2.11 bits per heavy atom. The fourth-order valence-corrected chi connectivity index (χ4v) is 2.70. The van der Waals surface area contributed by atoms with Crippen LogP contribution < -0.4 is 9.03 Å². The van der Waals surface area contributed by atoms with Crippen LogP contribution >= 0.6 is 12.1 Å². The number of carbonyl (C=O) groups is 1. The summed E-state index contributed by atoms with van der Waals surface area (Å²) in [5.41, 5.74) is 4.70. The first-order chi connectivity index (χ1) is 9.22. The van der Waals surface area contributed by atoms with Gasteiger partial charge in [-0.15, -0.1) is 0 Å². The predicted octanol–water partition coefficient (Wildman–Crippen LogP) is 3.16. The van der Waals surface area contributed by atoms with Gasteiger partial charge in [0.1, 0.15) is 6.54 Å². The Bertz CT molecular complexity index is 593. The Kier molecular flexibility index (Phi) is 3.17. The molecule has 1 aliphatic rings. The van der Waals surface area contributed by atoms with E-state index >= 15 is 0 Å². The zero-order chi connectivity index (χ0) is 13.2. The molecule has 96 valence electrons. The molecule has 0 spiro atoms. The maximum Gasteiger partial charge on any atom is 0.251 e. The van der Waals surface area contributed by atoms with Crippen molar-refractivity contribution in [1.82, 2.24) is 4.72 Å². The number of hydrogen-bond donors (Lipinski definition) is 1. The first kappa shape index (κ1) is 12.1. The molecule has 3 rings (SSSR count). The normalized spacial score (nSPS) is 14.6. The summed E-state index contributed by atoms with van der Waals surface area (Å²) in [7, 11) is 0. The monoisotopic (exact) mass is 270 g/mol. The van der Waals surface area contributed by atoms with Crippen LogP contribution in [0.5, 0.6) is 0 Å². The number of carbonyl (C=O) groups excluding carboxylic acids is 1. The van der Waals surface area contributed by atoms with Crippen LogP contribution in [0, 0.1) is 6.92 Å². The quantitative estimate of drug-likeness (QED) is 0.851. The van der Waals surface area contributed by atoms with Crippen LogP contribution in [0.3, 0.4) is 0 Å². The summed E-state index contributed by atoms with van der Waals surface area (Å²) in [4.78, 5) is 11.2. The summed E-state index contributed by atoms with van der Waals surface area (Å²) in [5.74, 6) is 0.0487. The van der Waals surface area contributed by atoms with E-state index in [1.54, 1.807) is 0 Å². The van der Waals surface area contributed by atoms with Crippen molar-refractivity contribution >= 4 is 23.7 Å². The van der Waals surface area contributed by atoms with Crippen LogP contribution in [0.2, 0.25) is 0 Å². The molecule has 0 saturated carbocycles. The molecule has 4 heteroatoms. The topological polar surface area (TPSA) is 32.3 Å². The van der Waals surface area contributed by atoms with Crippen LogP contribution in [0.25, 0.3) is 11.1 Å². The molecule has 1 heterocycles. The van der Waals surface area contributed by atoms with Crippen molar-refractivity contribution in [3.05, 3.63) is 54.1 Å². The lowest BCUT2D eigenvalue weighted by Gasteiger charge is -2.13. The molecule has 1 amide bonds. The summed E-state index contributed by atoms with van der Waals surface area (Å²) in [5, 5.41) is 0. The third-order valence-corrected chi connectivity index (χ3v) is 3.98. The number of rotatable bonds is 2. The molecule has 1 N–H and O–H groups in total. The van der Waals surface area contributed by atoms with Gasteiger partial charge in [0.05, 0.1) is 12.1 Å². The molecule has 19 heavy (non-hydrogen) atoms. The van der Waals surface area contributed by atoms with Crippen molar-refractivity contribution in [2.45, 2.75) is 6.92 Å². The van der Waals surface area contributed by atoms with Crippen LogP contribution in [-0.2, 0) is 4.79 Å². The van der Waals surface area contributed by atoms with Gasteiger partial charge >= 0.3 is 0 Å². The van der Waals surface area contributed by atoms with Crippen molar-refractivity contribution in [3.63, 3.8) is 0 Å². The van der Waals surface area contributed by atoms with Gasteiger partial charge in [-0.1, -0.05) is 42.0 Å². The second kappa shape index (κ2) is 4.97. The zero-order valence-corrected chi connectivity index (χ0v) is 11.4. The molecule has 2 aromatic carbocycles. The van der Waals surface area contributed by atoms with E-state index in [1.807, 2.05) is 16.4 Å². The molecule has 1 fully saturated rings. The lowest BCUT2D eigenvalue weighted by atomic mass is 10.0. The number of benzene rings is 2. The summed E-state index contributed by atoms with van der Waals surface area (Å²) >= 11 is 1.34. The lowest BCUT2D eigenvalue weighted by Crippen LogP contribution is -2.15. The van der Waals surface area contributed by atoms with Crippen molar-refractivity contribution in [3.8, 4) is 11.1 Å². The Balaban J connectivity index is 1.82. The van der Waals surface area contributed by atoms with Gasteiger partial charge < -0.3 is 0 Å². The van der Waals surface area contributed by atoms with Gasteiger partial charge in [-0.2, -0.15) is 0 Å². The van der Waals surface area contributed by atoms with Crippen molar-refractivity contribution < 1.29 is 4.79 Å². The van der Waals surface area contributed by atoms with Crippen molar-refractivity contribution in [2.24, 2.45) is 0 Å². The van der Waals surface area contributed by atoms with Gasteiger partial charge in [-0.25, -0.2) is 0 Å². The zero-order valence-electron chi connectivity index (χ0n) is 10.6. The van der Waals surface area contributed by atoms with E-state index < -0.39 is 0 Å². The molecule has 1 aliphatic heterocycles. The van der Waals surface area contributed by atoms with Gasteiger partial charge in [0.25, 0.3) is 5.91 Å². The summed E-state index contributed by atoms with van der Waals surface area (Å²) in [6.45, 7) is 2.50. The molecule has 0 unspecified atom stereocenters. The first-order valence-corrected chi connectivity index (χ1v) is 6.90. The van der Waals surface area contributed by atoms with Crippen LogP contribution in [0.1, 0.15) is 5.56 Å². The lowest BCUT2D eigenvalue weighted by molar-refractivity contribution is -0.117. The fraction of sp³-hybridized carbons (Fsp3) is 0.133. The van der Waals surface area contributed by atoms with E-state index in [1.165, 1.54) is 28.8 Å². The van der Waals surface area contributed by atoms with E-state index in [0.29, 0.717) is 6.54 Å². The molecule has 0 bridgehead atoms. The fourth-order valence-electron chi connectivity index (χ4n) is 2.01. The summed E-state index contributed by atoms with van der Waals surface area (Å²) < 4.78 is 4.67. The van der Waals surface area contributed by atoms with E-state index in [-0.39, 0.29) is 5.91 Å². The van der Waals surface area contributed by atoms with Crippen LogP contribution in [-0.4, -0.2) is 12.5 Å². The Morgan fingerprint density at radius 2 is 1.58 bits per heavy atom. The van der Waals surface area contributed by atoms with Gasteiger partial charge in [0.2, 0.25) is 0 Å². The Labute approximate surface area is 116 Å². The first-order valence-electron chi connectivity index (χ1n) is 6.13. The molecule has 0 radical (unpaired) electrons. The Morgan fingerprint density at radius 1 is 1.00 bits per heavy atom. The minimum Gasteiger partial charge on any atom is -0.289 e. The number of nitrogens with one attached hydrogen (secondary N) is 1. The number of anilines is 1. The molecule has 0 atom stereocenters. The van der Waals surface area contributed by atoms with Crippen molar-refractivity contribution in [2.75, 3.05) is 10.8 Å². The van der Waals surface area contributed by atoms with Crippen LogP contribution in [0.15, 0.2) is 48.5 Å². The largest absolute Gasteiger partial charge is 0.289 e. The van der Waals surface area contributed by atoms with Crippen LogP contribution in [0.4, 0.5) is 5.69 Å². The highest BCUT2D eigenvalue weighted by Gasteiger charge is 2.20. The molecular formula is C15H14N2OS. The average molecular weight is 270 g/mol. The molecule has 1 saturated heterocycles. The molecular weight excluding hydrogens is 256 g/mol. The highest BCUT2D eigenvalue weighted by Crippen LogP contribution is 2.27. The standard InChI is InChI=1S/C15H14N2OS/c1-11-2-4-12(5-3-11)13-6-8-14(9-7-13)17-10-15(18)16-19-17/h2-9H,10H2,1H3,(H,16,18). The van der Waals surface area contributed by atoms with Gasteiger partial charge in [-0.05, 0) is 30.2 Å². The SMILES string of the molecule is Cc1ccc(-c2ccc(N3CC(=O)NS3)cc2)cc1. The third kappa shape index (κ3) is 2.58. The number of amides is 1. The molecule has 0 aliphatic carbocycles. The van der Waals surface area contributed by atoms with E-state index in [2.05, 4.69) is 48.0 Å². The van der Waals surface area contributed by atoms with Gasteiger partial charge in [-0.3, -0.25) is 13.8 Å². The maximum absolute atomic E-state index is 11.2. The Hall–Kier alpha value is -1.94. The van der Waals surface area contributed by atoms with E-state index in [9.17, 15) is 4.79 Å². The van der Waals surface area contributed by atoms with E-state index in [0.717, 1.165) is 5.69 Å². The maximum atomic E-state index is 11.2. The molecule has 2 aromatic rings. The highest BCUT2D eigenvalue weighted by atomic mass is 32.2. The summed E-state index contributed by atoms with van der Waals surface area (Å²) in [6, 6.07) is 16.7. The van der Waals surface area contributed by atoms with E-state index in [4.69, 9.17) is 0 Å². The molecule has 3 nitrogen and oxygen atoms in total. The molecule has 0 aromatic heterocycles. The minimum absolute atomic E-state index is 0.0487. The van der Waals surface area contributed by atoms with Gasteiger partial charge in [0, 0.05) is 5.69 Å². The minimum atomic E-state index is 0.0487. The van der Waals surface area contributed by atoms with Crippen molar-refractivity contribution in [1.29, 1.82) is 0 Å². The highest BCUT2D eigenvalue weighted by molar-refractivity contribution is 7.99. The second-order valence-corrected chi connectivity index (χ2v) is 5.39. The third-order valence-electron chi connectivity index (χ3n) is 3.10. The predicted molar refractivity (Wildman–Crippen MR) is 79.7 cm³/mol. The average Bonchev–Trinajstić information content (AvgIpc) is 2.87. The number of nitrogens with zero attached hydrogens (tertiary/aromatic N) is 1. The smallest absolute Gasteiger partial charge is 0.251 e. The number of aryl methyl sites for hydroxylation is 1. The van der Waals surface area contributed by atoms with Gasteiger partial charge in [0.15, 0.2) is 0 Å². The second-order valence-electron chi connectivity index (χ2n) is 4.57. The number of hydrogen-bond acceptors (Lipinski definition) is 3.